The molecule has 3 N–H and O–H groups in total. The Hall–Kier alpha value is -0.970. The van der Waals surface area contributed by atoms with Crippen molar-refractivity contribution < 1.29 is 4.79 Å². The van der Waals surface area contributed by atoms with E-state index in [1.165, 1.54) is 6.42 Å². The number of hydrogen-bond acceptors (Lipinski definition) is 3. The molecular weight excluding hydrogens is 309 g/mol. The summed E-state index contributed by atoms with van der Waals surface area (Å²) in [6.07, 6.45) is 2.34. The molecule has 0 spiro atoms. The Labute approximate surface area is 135 Å². The lowest BCUT2D eigenvalue weighted by Crippen LogP contribution is -2.46. The van der Waals surface area contributed by atoms with Crippen molar-refractivity contribution in [3.8, 4) is 0 Å². The zero-order valence-electron chi connectivity index (χ0n) is 12.3. The van der Waals surface area contributed by atoms with E-state index in [-0.39, 0.29) is 5.91 Å². The van der Waals surface area contributed by atoms with E-state index in [0.29, 0.717) is 39.9 Å². The summed E-state index contributed by atoms with van der Waals surface area (Å²) < 4.78 is 0. The summed E-state index contributed by atoms with van der Waals surface area (Å²) in [5.74, 6) is 0.500. The highest BCUT2D eigenvalue weighted by Crippen LogP contribution is 2.33. The second-order valence-corrected chi connectivity index (χ2v) is 6.55. The molecule has 1 aromatic carbocycles. The molecule has 2 rings (SSSR count). The maximum absolute atomic E-state index is 12.2. The van der Waals surface area contributed by atoms with Crippen molar-refractivity contribution in [1.29, 1.82) is 0 Å². The lowest BCUT2D eigenvalue weighted by atomic mass is 9.92. The molecule has 0 radical (unpaired) electrons. The molecule has 1 aliphatic heterocycles. The minimum absolute atomic E-state index is 0.107. The fourth-order valence-corrected chi connectivity index (χ4v) is 3.32. The summed E-state index contributed by atoms with van der Waals surface area (Å²) in [6, 6.07) is 3.56. The second kappa shape index (κ2) is 6.86. The number of carbonyl (C=O) groups excluding carboxylic acids is 1. The molecule has 1 heterocycles. The number of amides is 1. The number of carbonyl (C=O) groups is 1. The molecule has 0 saturated carbocycles. The Morgan fingerprint density at radius 1 is 1.38 bits per heavy atom. The van der Waals surface area contributed by atoms with Gasteiger partial charge in [0.25, 0.3) is 0 Å². The number of nitrogens with zero attached hydrogens (tertiary/aromatic N) is 1. The number of nitrogens with two attached hydrogens (primary N) is 1. The van der Waals surface area contributed by atoms with Crippen LogP contribution in [-0.4, -0.2) is 29.9 Å². The van der Waals surface area contributed by atoms with Crippen LogP contribution in [0.15, 0.2) is 12.1 Å². The molecule has 1 aromatic rings. The molecule has 1 saturated heterocycles. The Morgan fingerprint density at radius 3 is 2.62 bits per heavy atom. The van der Waals surface area contributed by atoms with Crippen molar-refractivity contribution in [2.45, 2.75) is 32.7 Å². The van der Waals surface area contributed by atoms with Crippen molar-refractivity contribution in [2.75, 3.05) is 24.1 Å². The normalized spacial score (nSPS) is 23.0. The predicted molar refractivity (Wildman–Crippen MR) is 88.9 cm³/mol. The zero-order valence-corrected chi connectivity index (χ0v) is 13.8. The third kappa shape index (κ3) is 4.02. The highest BCUT2D eigenvalue weighted by Gasteiger charge is 2.26. The molecular formula is C15H21Cl2N3O. The molecule has 0 aromatic heterocycles. The first-order valence-corrected chi connectivity index (χ1v) is 7.92. The molecule has 0 bridgehead atoms. The molecule has 2 unspecified atom stereocenters. The summed E-state index contributed by atoms with van der Waals surface area (Å²) in [5, 5.41) is 3.50. The number of rotatable bonds is 3. The topological polar surface area (TPSA) is 58.4 Å². The number of halogens is 2. The summed E-state index contributed by atoms with van der Waals surface area (Å²) in [5.41, 5.74) is 6.55. The van der Waals surface area contributed by atoms with Crippen molar-refractivity contribution in [2.24, 2.45) is 5.92 Å². The largest absolute Gasteiger partial charge is 0.399 e. The SMILES string of the molecule is CC1CCCN(CC(=O)Nc2c(Cl)cc(N)cc2Cl)C1C. The zero-order chi connectivity index (χ0) is 15.6. The lowest BCUT2D eigenvalue weighted by Gasteiger charge is -2.37. The van der Waals surface area contributed by atoms with Gasteiger partial charge in [-0.1, -0.05) is 30.1 Å². The van der Waals surface area contributed by atoms with E-state index in [0.717, 1.165) is 13.0 Å². The molecule has 6 heteroatoms. The minimum atomic E-state index is -0.107. The molecule has 4 nitrogen and oxygen atoms in total. The van der Waals surface area contributed by atoms with E-state index < -0.39 is 0 Å². The Bertz CT molecular complexity index is 513. The van der Waals surface area contributed by atoms with Gasteiger partial charge in [0, 0.05) is 11.7 Å². The van der Waals surface area contributed by atoms with Gasteiger partial charge in [-0.15, -0.1) is 0 Å². The van der Waals surface area contributed by atoms with E-state index in [1.54, 1.807) is 12.1 Å². The third-order valence-corrected chi connectivity index (χ3v) is 4.78. The predicted octanol–water partition coefficient (Wildman–Crippen LogP) is 3.63. The van der Waals surface area contributed by atoms with Crippen molar-refractivity contribution in [3.05, 3.63) is 22.2 Å². The maximum Gasteiger partial charge on any atom is 0.238 e. The average molecular weight is 330 g/mol. The van der Waals surface area contributed by atoms with Gasteiger partial charge in [-0.05, 0) is 44.4 Å². The maximum atomic E-state index is 12.2. The van der Waals surface area contributed by atoms with Gasteiger partial charge >= 0.3 is 0 Å². The van der Waals surface area contributed by atoms with Crippen molar-refractivity contribution in [1.82, 2.24) is 4.90 Å². The van der Waals surface area contributed by atoms with Crippen LogP contribution in [-0.2, 0) is 4.79 Å². The standard InChI is InChI=1S/C15H21Cl2N3O/c1-9-4-3-5-20(10(9)2)8-14(21)19-15-12(16)6-11(18)7-13(15)17/h6-7,9-10H,3-5,8,18H2,1-2H3,(H,19,21). The Morgan fingerprint density at radius 2 is 2.00 bits per heavy atom. The highest BCUT2D eigenvalue weighted by atomic mass is 35.5. The van der Waals surface area contributed by atoms with Gasteiger partial charge in [0.1, 0.15) is 0 Å². The molecule has 21 heavy (non-hydrogen) atoms. The van der Waals surface area contributed by atoms with Gasteiger partial charge in [0.15, 0.2) is 0 Å². The van der Waals surface area contributed by atoms with Crippen molar-refractivity contribution in [3.63, 3.8) is 0 Å². The molecule has 1 aliphatic rings. The van der Waals surface area contributed by atoms with E-state index in [1.807, 2.05) is 0 Å². The number of likely N-dealkylation sites (tertiary alicyclic amines) is 1. The van der Waals surface area contributed by atoms with Crippen LogP contribution in [0.4, 0.5) is 11.4 Å². The number of benzene rings is 1. The molecule has 1 amide bonds. The fraction of sp³-hybridized carbons (Fsp3) is 0.533. The molecule has 0 aliphatic carbocycles. The molecule has 2 atom stereocenters. The summed E-state index contributed by atoms with van der Waals surface area (Å²) in [6.45, 7) is 5.69. The number of piperidine rings is 1. The van der Waals surface area contributed by atoms with Crippen LogP contribution in [0.25, 0.3) is 0 Å². The summed E-state index contributed by atoms with van der Waals surface area (Å²) >= 11 is 12.2. The first-order valence-electron chi connectivity index (χ1n) is 7.17. The smallest absolute Gasteiger partial charge is 0.238 e. The minimum Gasteiger partial charge on any atom is -0.399 e. The number of anilines is 2. The van der Waals surface area contributed by atoms with Gasteiger partial charge in [-0.2, -0.15) is 0 Å². The average Bonchev–Trinajstić information content (AvgIpc) is 2.39. The monoisotopic (exact) mass is 329 g/mol. The lowest BCUT2D eigenvalue weighted by molar-refractivity contribution is -0.118. The van der Waals surface area contributed by atoms with E-state index in [2.05, 4.69) is 24.1 Å². The van der Waals surface area contributed by atoms with Gasteiger partial charge < -0.3 is 11.1 Å². The van der Waals surface area contributed by atoms with E-state index >= 15 is 0 Å². The van der Waals surface area contributed by atoms with E-state index in [4.69, 9.17) is 28.9 Å². The molecule has 116 valence electrons. The number of nitrogens with one attached hydrogen (secondary N) is 1. The van der Waals surface area contributed by atoms with Crippen LogP contribution in [0.1, 0.15) is 26.7 Å². The van der Waals surface area contributed by atoms with Gasteiger partial charge in [0.05, 0.1) is 22.3 Å². The van der Waals surface area contributed by atoms with Crippen LogP contribution in [0, 0.1) is 5.92 Å². The summed E-state index contributed by atoms with van der Waals surface area (Å²) in [4.78, 5) is 14.4. The van der Waals surface area contributed by atoms with E-state index in [9.17, 15) is 4.79 Å². The van der Waals surface area contributed by atoms with Crippen LogP contribution in [0.3, 0.4) is 0 Å². The van der Waals surface area contributed by atoms with Gasteiger partial charge in [-0.25, -0.2) is 0 Å². The molecule has 1 fully saturated rings. The quantitative estimate of drug-likeness (QED) is 0.832. The Balaban J connectivity index is 2.02. The van der Waals surface area contributed by atoms with Gasteiger partial charge in [-0.3, -0.25) is 9.69 Å². The van der Waals surface area contributed by atoms with Crippen LogP contribution in [0.2, 0.25) is 10.0 Å². The third-order valence-electron chi connectivity index (χ3n) is 4.18. The second-order valence-electron chi connectivity index (χ2n) is 5.74. The first kappa shape index (κ1) is 16.4. The van der Waals surface area contributed by atoms with Crippen molar-refractivity contribution >= 4 is 40.5 Å². The van der Waals surface area contributed by atoms with Crippen LogP contribution >= 0.6 is 23.2 Å². The summed E-state index contributed by atoms with van der Waals surface area (Å²) in [7, 11) is 0. The fourth-order valence-electron chi connectivity index (χ4n) is 2.72. The van der Waals surface area contributed by atoms with Crippen LogP contribution in [0.5, 0.6) is 0 Å². The Kier molecular flexibility index (Phi) is 5.36. The van der Waals surface area contributed by atoms with Crippen LogP contribution < -0.4 is 11.1 Å². The van der Waals surface area contributed by atoms with Gasteiger partial charge in [0.2, 0.25) is 5.91 Å². The highest BCUT2D eigenvalue weighted by molar-refractivity contribution is 6.40. The number of hydrogen-bond donors (Lipinski definition) is 2. The number of nitrogen functional groups attached to an aromatic ring is 1. The first-order chi connectivity index (χ1) is 9.88.